The van der Waals surface area contributed by atoms with Gasteiger partial charge >= 0.3 is 17.8 Å². The highest BCUT2D eigenvalue weighted by molar-refractivity contribution is 6.40. The monoisotopic (exact) mass is 713 g/mol. The van der Waals surface area contributed by atoms with Gasteiger partial charge in [0.25, 0.3) is 5.91 Å². The lowest BCUT2D eigenvalue weighted by atomic mass is 9.97. The highest BCUT2D eigenvalue weighted by Gasteiger charge is 2.29. The largest absolute Gasteiger partial charge is 0.519 e. The molecule has 1 aliphatic carbocycles. The van der Waals surface area contributed by atoms with Crippen molar-refractivity contribution in [1.82, 2.24) is 16.0 Å². The fraction of sp³-hybridized carbons (Fsp3) is 0.265. The van der Waals surface area contributed by atoms with Crippen LogP contribution in [0.2, 0.25) is 15.1 Å². The van der Waals surface area contributed by atoms with Gasteiger partial charge in [0.15, 0.2) is 23.9 Å². The molecule has 14 heteroatoms. The number of esters is 1. The first-order chi connectivity index (χ1) is 23.0. The summed E-state index contributed by atoms with van der Waals surface area (Å²) in [6, 6.07) is 16.6. The maximum Gasteiger partial charge on any atom is 0.519 e. The molecule has 0 saturated carbocycles. The predicted octanol–water partition coefficient (Wildman–Crippen LogP) is 6.35. The first-order valence-corrected chi connectivity index (χ1v) is 16.0. The van der Waals surface area contributed by atoms with Crippen molar-refractivity contribution >= 4 is 58.5 Å². The van der Waals surface area contributed by atoms with E-state index in [4.69, 9.17) is 48.4 Å². The fourth-order valence-corrected chi connectivity index (χ4v) is 6.27. The number of hydrogen-bond acceptors (Lipinski definition) is 8. The van der Waals surface area contributed by atoms with E-state index in [1.165, 1.54) is 19.1 Å². The lowest BCUT2D eigenvalue weighted by Crippen LogP contribution is -2.42. The van der Waals surface area contributed by atoms with Gasteiger partial charge in [-0.2, -0.15) is 0 Å². The van der Waals surface area contributed by atoms with Gasteiger partial charge < -0.3 is 29.5 Å². The molecule has 250 valence electrons. The van der Waals surface area contributed by atoms with Gasteiger partial charge in [-0.1, -0.05) is 71.2 Å². The summed E-state index contributed by atoms with van der Waals surface area (Å²) in [7, 11) is 0. The Kier molecular flexibility index (Phi) is 11.3. The molecule has 3 N–H and O–H groups in total. The molecule has 1 heterocycles. The van der Waals surface area contributed by atoms with Crippen molar-refractivity contribution < 1.29 is 32.7 Å². The molecular formula is C34H30Cl3N3O8. The van der Waals surface area contributed by atoms with Crippen molar-refractivity contribution in [2.45, 2.75) is 45.4 Å². The molecular weight excluding hydrogens is 685 g/mol. The topological polar surface area (TPSA) is 157 Å². The number of aryl methyl sites for hydroxylation is 2. The molecule has 5 rings (SSSR count). The summed E-state index contributed by atoms with van der Waals surface area (Å²) in [6.07, 6.45) is 1.08. The SMILES string of the molecule is Cc1oc(=O)oc1COC(=O)[C@H](CNC(=O)N[C@@H]1CCc2ccccc21)CC(=O)c1c(Cl)cc(C(=O)NCc2cccc(Cl)c2)cc1Cl. The zero-order valence-corrected chi connectivity index (χ0v) is 27.8. The third kappa shape index (κ3) is 8.66. The van der Waals surface area contributed by atoms with Crippen LogP contribution in [0.25, 0.3) is 0 Å². The minimum Gasteiger partial charge on any atom is -0.457 e. The van der Waals surface area contributed by atoms with Gasteiger partial charge in [-0.05, 0) is 60.7 Å². The lowest BCUT2D eigenvalue weighted by Gasteiger charge is -2.19. The summed E-state index contributed by atoms with van der Waals surface area (Å²) < 4.78 is 15.0. The maximum absolute atomic E-state index is 13.5. The van der Waals surface area contributed by atoms with Gasteiger partial charge in [0.1, 0.15) is 0 Å². The Bertz CT molecular complexity index is 1900. The average molecular weight is 715 g/mol. The van der Waals surface area contributed by atoms with E-state index in [1.54, 1.807) is 24.3 Å². The fourth-order valence-electron chi connectivity index (χ4n) is 5.36. The normalized spacial score (nSPS) is 14.1. The number of hydrogen-bond donors (Lipinski definition) is 3. The molecule has 2 atom stereocenters. The minimum absolute atomic E-state index is 0.000608. The van der Waals surface area contributed by atoms with Crippen molar-refractivity contribution in [2.24, 2.45) is 5.92 Å². The standard InChI is InChI=1S/C34H30Cl3N3O8/c1-18-29(48-34(45)47-18)17-46-32(43)22(16-39-33(44)40-27-10-9-20-6-2-3-8-24(20)27)14-28(41)30-25(36)12-21(13-26(30)37)31(42)38-15-19-5-4-7-23(35)11-19/h2-8,11-13,22,27H,9-10,14-17H2,1H3,(H,38,42)(H2,39,40,44)/t22-,27+/m0/s1. The van der Waals surface area contributed by atoms with E-state index in [-0.39, 0.29) is 51.8 Å². The van der Waals surface area contributed by atoms with Crippen molar-refractivity contribution in [1.29, 1.82) is 0 Å². The van der Waals surface area contributed by atoms with Gasteiger partial charge in [0, 0.05) is 30.1 Å². The van der Waals surface area contributed by atoms with Gasteiger partial charge in [0.2, 0.25) is 0 Å². The number of rotatable bonds is 12. The first-order valence-electron chi connectivity index (χ1n) is 14.9. The van der Waals surface area contributed by atoms with Crippen molar-refractivity contribution in [3.8, 4) is 0 Å². The second-order valence-electron chi connectivity index (χ2n) is 11.1. The van der Waals surface area contributed by atoms with Crippen LogP contribution in [-0.4, -0.2) is 30.2 Å². The molecule has 4 aromatic rings. The molecule has 11 nitrogen and oxygen atoms in total. The van der Waals surface area contributed by atoms with Gasteiger partial charge in [-0.25, -0.2) is 9.59 Å². The molecule has 0 saturated heterocycles. The van der Waals surface area contributed by atoms with Gasteiger partial charge in [0.05, 0.1) is 27.6 Å². The summed E-state index contributed by atoms with van der Waals surface area (Å²) in [4.78, 5) is 63.9. The molecule has 3 aromatic carbocycles. The molecule has 3 amide bonds. The number of ketones is 1. The molecule has 1 aromatic heterocycles. The zero-order chi connectivity index (χ0) is 34.4. The number of carbonyl (C=O) groups is 4. The van der Waals surface area contributed by atoms with Gasteiger partial charge in [-0.15, -0.1) is 0 Å². The number of carbonyl (C=O) groups excluding carboxylic acids is 4. The third-order valence-corrected chi connectivity index (χ3v) is 8.65. The number of ether oxygens (including phenoxy) is 1. The van der Waals surface area contributed by atoms with Crippen LogP contribution in [0.15, 0.2) is 74.3 Å². The predicted molar refractivity (Wildman–Crippen MR) is 177 cm³/mol. The Morgan fingerprint density at radius 2 is 1.71 bits per heavy atom. The van der Waals surface area contributed by atoms with Crippen LogP contribution >= 0.6 is 34.8 Å². The average Bonchev–Trinajstić information content (AvgIpc) is 3.61. The first kappa shape index (κ1) is 34.7. The summed E-state index contributed by atoms with van der Waals surface area (Å²) in [5.74, 6) is -3.99. The van der Waals surface area contributed by atoms with E-state index < -0.39 is 48.5 Å². The Morgan fingerprint density at radius 3 is 2.42 bits per heavy atom. The van der Waals surface area contributed by atoms with E-state index in [0.717, 1.165) is 29.5 Å². The molecule has 0 aliphatic heterocycles. The van der Waals surface area contributed by atoms with Crippen molar-refractivity contribution in [3.63, 3.8) is 0 Å². The minimum atomic E-state index is -1.19. The van der Waals surface area contributed by atoms with E-state index in [9.17, 15) is 24.0 Å². The van der Waals surface area contributed by atoms with Crippen LogP contribution in [0.4, 0.5) is 4.79 Å². The molecule has 48 heavy (non-hydrogen) atoms. The number of amides is 3. The van der Waals surface area contributed by atoms with Crippen LogP contribution in [0, 0.1) is 12.8 Å². The summed E-state index contributed by atoms with van der Waals surface area (Å²) in [5.41, 5.74) is 2.95. The van der Waals surface area contributed by atoms with E-state index in [0.29, 0.717) is 5.02 Å². The maximum atomic E-state index is 13.5. The van der Waals surface area contributed by atoms with Gasteiger partial charge in [-0.3, -0.25) is 14.4 Å². The number of fused-ring (bicyclic) bond motifs is 1. The number of nitrogens with one attached hydrogen (secondary N) is 3. The molecule has 0 fully saturated rings. The van der Waals surface area contributed by atoms with E-state index in [1.807, 2.05) is 24.3 Å². The van der Waals surface area contributed by atoms with Crippen LogP contribution in [0.1, 0.15) is 67.8 Å². The number of benzene rings is 3. The highest BCUT2D eigenvalue weighted by Crippen LogP contribution is 2.31. The smallest absolute Gasteiger partial charge is 0.457 e. The van der Waals surface area contributed by atoms with E-state index in [2.05, 4.69) is 16.0 Å². The highest BCUT2D eigenvalue weighted by atomic mass is 35.5. The Hall–Kier alpha value is -4.58. The Balaban J connectivity index is 1.27. The Labute approximate surface area is 289 Å². The molecule has 0 unspecified atom stereocenters. The van der Waals surface area contributed by atoms with Crippen LogP contribution in [0.5, 0.6) is 0 Å². The van der Waals surface area contributed by atoms with Crippen molar-refractivity contribution in [2.75, 3.05) is 6.54 Å². The third-order valence-electron chi connectivity index (χ3n) is 7.82. The van der Waals surface area contributed by atoms with Crippen molar-refractivity contribution in [3.05, 3.63) is 126 Å². The second-order valence-corrected chi connectivity index (χ2v) is 12.4. The van der Waals surface area contributed by atoms with Crippen LogP contribution in [-0.2, 0) is 29.1 Å². The number of halogens is 3. The number of Topliss-reactive ketones (excluding diaryl/α,β-unsaturated/α-hetero) is 1. The Morgan fingerprint density at radius 1 is 0.958 bits per heavy atom. The lowest BCUT2D eigenvalue weighted by molar-refractivity contribution is -0.150. The van der Waals surface area contributed by atoms with Crippen LogP contribution in [0.3, 0.4) is 0 Å². The quantitative estimate of drug-likeness (QED) is 0.113. The van der Waals surface area contributed by atoms with Crippen LogP contribution < -0.4 is 21.8 Å². The summed E-state index contributed by atoms with van der Waals surface area (Å²) in [5, 5.41) is 8.62. The van der Waals surface area contributed by atoms with E-state index >= 15 is 0 Å². The molecule has 1 aliphatic rings. The molecule has 0 bridgehead atoms. The second kappa shape index (κ2) is 15.5. The molecule has 0 radical (unpaired) electrons. The zero-order valence-electron chi connectivity index (χ0n) is 25.6. The molecule has 0 spiro atoms. The summed E-state index contributed by atoms with van der Waals surface area (Å²) in [6.45, 7) is 0.938. The number of urea groups is 1. The summed E-state index contributed by atoms with van der Waals surface area (Å²) >= 11 is 18.9.